The van der Waals surface area contributed by atoms with E-state index in [0.717, 1.165) is 35.3 Å². The van der Waals surface area contributed by atoms with E-state index in [1.807, 2.05) is 47.1 Å². The zero-order valence-electron chi connectivity index (χ0n) is 17.6. The standard InChI is InChI=1S/C23H25N7OS/c31-21(15-32-23-27-28-29-30(23)17-10-4-5-11-17)24-20(14-16-8-2-1-3-9-16)22-25-18-12-6-7-13-19(18)26-22/h1-3,6-9,12-13,17,20H,4-5,10-11,14-15H2,(H,24,31)(H,25,26)/t20-/m0/s1. The van der Waals surface area contributed by atoms with Crippen molar-refractivity contribution in [3.8, 4) is 0 Å². The van der Waals surface area contributed by atoms with Gasteiger partial charge in [0.25, 0.3) is 0 Å². The molecule has 0 aliphatic heterocycles. The van der Waals surface area contributed by atoms with Crippen molar-refractivity contribution >= 4 is 28.7 Å². The molecule has 164 valence electrons. The molecular weight excluding hydrogens is 422 g/mol. The lowest BCUT2D eigenvalue weighted by molar-refractivity contribution is -0.119. The molecule has 32 heavy (non-hydrogen) atoms. The second-order valence-electron chi connectivity index (χ2n) is 8.08. The smallest absolute Gasteiger partial charge is 0.231 e. The van der Waals surface area contributed by atoms with Crippen LogP contribution in [0.25, 0.3) is 11.0 Å². The summed E-state index contributed by atoms with van der Waals surface area (Å²) in [4.78, 5) is 21.0. The van der Waals surface area contributed by atoms with Crippen LogP contribution in [0.2, 0.25) is 0 Å². The van der Waals surface area contributed by atoms with E-state index in [4.69, 9.17) is 4.98 Å². The first-order valence-electron chi connectivity index (χ1n) is 10.9. The van der Waals surface area contributed by atoms with Crippen molar-refractivity contribution in [2.75, 3.05) is 5.75 Å². The second kappa shape index (κ2) is 9.52. The number of hydrogen-bond acceptors (Lipinski definition) is 6. The first-order valence-corrected chi connectivity index (χ1v) is 11.9. The highest BCUT2D eigenvalue weighted by Gasteiger charge is 2.23. The predicted octanol–water partition coefficient (Wildman–Crippen LogP) is 3.86. The number of imidazole rings is 1. The Morgan fingerprint density at radius 1 is 1.12 bits per heavy atom. The number of aromatic nitrogens is 6. The molecule has 1 aliphatic carbocycles. The molecule has 8 nitrogen and oxygen atoms in total. The van der Waals surface area contributed by atoms with Gasteiger partial charge in [-0.3, -0.25) is 4.79 Å². The molecule has 9 heteroatoms. The van der Waals surface area contributed by atoms with Crippen LogP contribution in [0, 0.1) is 0 Å². The maximum atomic E-state index is 12.9. The molecule has 0 unspecified atom stereocenters. The summed E-state index contributed by atoms with van der Waals surface area (Å²) in [5.41, 5.74) is 2.98. The van der Waals surface area contributed by atoms with Gasteiger partial charge in [0.05, 0.1) is 28.9 Å². The third-order valence-electron chi connectivity index (χ3n) is 5.82. The molecule has 1 atom stereocenters. The number of H-pyrrole nitrogens is 1. The summed E-state index contributed by atoms with van der Waals surface area (Å²) in [7, 11) is 0. The summed E-state index contributed by atoms with van der Waals surface area (Å²) in [6, 6.07) is 18.1. The van der Waals surface area contributed by atoms with Crippen LogP contribution in [0.5, 0.6) is 0 Å². The number of aromatic amines is 1. The second-order valence-corrected chi connectivity index (χ2v) is 9.02. The zero-order valence-corrected chi connectivity index (χ0v) is 18.5. The number of carbonyl (C=O) groups excluding carboxylic acids is 1. The van der Waals surface area contributed by atoms with Crippen LogP contribution in [0.1, 0.15) is 49.2 Å². The molecule has 0 radical (unpaired) electrons. The number of carbonyl (C=O) groups is 1. The van der Waals surface area contributed by atoms with E-state index in [1.54, 1.807) is 0 Å². The summed E-state index contributed by atoms with van der Waals surface area (Å²) in [6.07, 6.45) is 5.24. The lowest BCUT2D eigenvalue weighted by Crippen LogP contribution is -2.32. The molecule has 0 bridgehead atoms. The zero-order chi connectivity index (χ0) is 21.8. The van der Waals surface area contributed by atoms with E-state index in [2.05, 4.69) is 38.0 Å². The molecule has 2 N–H and O–H groups in total. The van der Waals surface area contributed by atoms with Crippen LogP contribution in [-0.2, 0) is 11.2 Å². The van der Waals surface area contributed by atoms with Gasteiger partial charge in [0, 0.05) is 0 Å². The molecule has 1 saturated carbocycles. The van der Waals surface area contributed by atoms with Gasteiger partial charge in [0.15, 0.2) is 0 Å². The number of amides is 1. The topological polar surface area (TPSA) is 101 Å². The lowest BCUT2D eigenvalue weighted by atomic mass is 10.1. The molecule has 5 rings (SSSR count). The van der Waals surface area contributed by atoms with E-state index in [-0.39, 0.29) is 17.7 Å². The first-order chi connectivity index (χ1) is 15.8. The van der Waals surface area contributed by atoms with Gasteiger partial charge in [-0.05, 0) is 47.4 Å². The summed E-state index contributed by atoms with van der Waals surface area (Å²) in [5, 5.41) is 16.0. The number of fused-ring (bicyclic) bond motifs is 1. The summed E-state index contributed by atoms with van der Waals surface area (Å²) in [5.74, 6) is 0.931. The normalized spacial score (nSPS) is 15.2. The minimum absolute atomic E-state index is 0.0719. The first kappa shape index (κ1) is 20.7. The third kappa shape index (κ3) is 4.67. The number of rotatable bonds is 8. The van der Waals surface area contributed by atoms with Crippen molar-refractivity contribution in [2.24, 2.45) is 0 Å². The molecule has 4 aromatic rings. The van der Waals surface area contributed by atoms with Crippen molar-refractivity contribution in [1.82, 2.24) is 35.5 Å². The van der Waals surface area contributed by atoms with Gasteiger partial charge < -0.3 is 10.3 Å². The van der Waals surface area contributed by atoms with E-state index >= 15 is 0 Å². The van der Waals surface area contributed by atoms with Gasteiger partial charge in [0.2, 0.25) is 11.1 Å². The van der Waals surface area contributed by atoms with Crippen LogP contribution in [0.4, 0.5) is 0 Å². The van der Waals surface area contributed by atoms with Crippen molar-refractivity contribution in [1.29, 1.82) is 0 Å². The van der Waals surface area contributed by atoms with Crippen LogP contribution < -0.4 is 5.32 Å². The fourth-order valence-electron chi connectivity index (χ4n) is 4.23. The maximum Gasteiger partial charge on any atom is 0.231 e. The molecule has 1 amide bonds. The summed E-state index contributed by atoms with van der Waals surface area (Å²) < 4.78 is 1.88. The van der Waals surface area contributed by atoms with Crippen molar-refractivity contribution < 1.29 is 4.79 Å². The highest BCUT2D eigenvalue weighted by molar-refractivity contribution is 7.99. The quantitative estimate of drug-likeness (QED) is 0.398. The number of thioether (sulfide) groups is 1. The van der Waals surface area contributed by atoms with E-state index in [9.17, 15) is 4.79 Å². The molecule has 0 spiro atoms. The Hall–Kier alpha value is -3.20. The van der Waals surface area contributed by atoms with Crippen LogP contribution >= 0.6 is 11.8 Å². The fourth-order valence-corrected chi connectivity index (χ4v) is 4.98. The monoisotopic (exact) mass is 447 g/mol. The van der Waals surface area contributed by atoms with Crippen LogP contribution in [0.3, 0.4) is 0 Å². The Kier molecular flexibility index (Phi) is 6.15. The predicted molar refractivity (Wildman–Crippen MR) is 123 cm³/mol. The number of para-hydroxylation sites is 2. The lowest BCUT2D eigenvalue weighted by Gasteiger charge is -2.17. The third-order valence-corrected chi connectivity index (χ3v) is 6.75. The largest absolute Gasteiger partial charge is 0.345 e. The van der Waals surface area contributed by atoms with Gasteiger partial charge in [-0.25, -0.2) is 9.67 Å². The van der Waals surface area contributed by atoms with E-state index < -0.39 is 0 Å². The molecular formula is C23H25N7OS. The Morgan fingerprint density at radius 2 is 1.91 bits per heavy atom. The molecule has 2 aromatic carbocycles. The average molecular weight is 448 g/mol. The van der Waals surface area contributed by atoms with Crippen molar-refractivity contribution in [2.45, 2.75) is 49.3 Å². The van der Waals surface area contributed by atoms with Crippen LogP contribution in [-0.4, -0.2) is 41.8 Å². The Bertz CT molecular complexity index is 1150. The Balaban J connectivity index is 1.30. The van der Waals surface area contributed by atoms with Crippen molar-refractivity contribution in [3.05, 3.63) is 66.0 Å². The Morgan fingerprint density at radius 3 is 2.72 bits per heavy atom. The minimum atomic E-state index is -0.260. The molecule has 2 heterocycles. The summed E-state index contributed by atoms with van der Waals surface area (Å²) >= 11 is 1.38. The molecule has 1 aliphatic rings. The number of benzene rings is 2. The maximum absolute atomic E-state index is 12.9. The van der Waals surface area contributed by atoms with Gasteiger partial charge in [-0.15, -0.1) is 5.10 Å². The van der Waals surface area contributed by atoms with Gasteiger partial charge >= 0.3 is 0 Å². The van der Waals surface area contributed by atoms with Crippen LogP contribution in [0.15, 0.2) is 59.8 Å². The SMILES string of the molecule is O=C(CSc1nnnn1C1CCCC1)N[C@@H](Cc1ccccc1)c1nc2ccccc2[nH]1. The summed E-state index contributed by atoms with van der Waals surface area (Å²) in [6.45, 7) is 0. The van der Waals surface area contributed by atoms with Gasteiger partial charge in [0.1, 0.15) is 5.82 Å². The number of hydrogen-bond donors (Lipinski definition) is 2. The van der Waals surface area contributed by atoms with Crippen molar-refractivity contribution in [3.63, 3.8) is 0 Å². The van der Waals surface area contributed by atoms with E-state index in [1.165, 1.54) is 24.6 Å². The number of nitrogens with one attached hydrogen (secondary N) is 2. The number of nitrogens with zero attached hydrogens (tertiary/aromatic N) is 5. The average Bonchev–Trinajstić information content (AvgIpc) is 3.58. The Labute approximate surface area is 190 Å². The minimum Gasteiger partial charge on any atom is -0.345 e. The molecule has 2 aromatic heterocycles. The highest BCUT2D eigenvalue weighted by atomic mass is 32.2. The van der Waals surface area contributed by atoms with Gasteiger partial charge in [-0.1, -0.05) is 67.1 Å². The van der Waals surface area contributed by atoms with Gasteiger partial charge in [-0.2, -0.15) is 0 Å². The number of tetrazole rings is 1. The van der Waals surface area contributed by atoms with E-state index in [0.29, 0.717) is 17.6 Å². The molecule has 1 fully saturated rings. The molecule has 0 saturated heterocycles. The fraction of sp³-hybridized carbons (Fsp3) is 0.348. The highest BCUT2D eigenvalue weighted by Crippen LogP contribution is 2.31.